The Morgan fingerprint density at radius 1 is 1.15 bits per heavy atom. The topological polar surface area (TPSA) is 75.2 Å². The standard InChI is InChI=1S/C16H20F6N2O3/c1-2-3-9-27-13(26)24-14(15(17,18)19,16(20,21)22)23-10-12(25)11-7-5-4-6-8-11/h4-8,12,23,25H,2-3,9-10H2,1H3,(H,24,26)/p+1/t12-/m1/s1. The molecule has 0 aromatic heterocycles. The molecule has 0 saturated carbocycles. The van der Waals surface area contributed by atoms with Gasteiger partial charge in [-0.05, 0) is 12.0 Å². The number of hydrogen-bond acceptors (Lipinski definition) is 3. The molecule has 1 rings (SSSR count). The van der Waals surface area contributed by atoms with Gasteiger partial charge in [0.15, 0.2) is 0 Å². The van der Waals surface area contributed by atoms with Crippen LogP contribution in [0.2, 0.25) is 0 Å². The first kappa shape index (κ1) is 23.0. The SMILES string of the molecule is CCCCOC(=O)NC([NH2+]C[C@@H](O)c1ccccc1)(C(F)(F)F)C(F)(F)F. The summed E-state index contributed by atoms with van der Waals surface area (Å²) in [7, 11) is 0. The van der Waals surface area contributed by atoms with Crippen LogP contribution in [0.5, 0.6) is 0 Å². The fraction of sp³-hybridized carbons (Fsp3) is 0.562. The van der Waals surface area contributed by atoms with Crippen molar-refractivity contribution in [1.82, 2.24) is 5.32 Å². The lowest BCUT2D eigenvalue weighted by Crippen LogP contribution is -3.08. The summed E-state index contributed by atoms with van der Waals surface area (Å²) in [6.07, 6.45) is -14.4. The molecule has 5 nitrogen and oxygen atoms in total. The predicted molar refractivity (Wildman–Crippen MR) is 82.4 cm³/mol. The molecule has 1 aromatic carbocycles. The van der Waals surface area contributed by atoms with Crippen molar-refractivity contribution in [2.24, 2.45) is 0 Å². The Bertz CT molecular complexity index is 578. The van der Waals surface area contributed by atoms with E-state index in [9.17, 15) is 36.2 Å². The monoisotopic (exact) mass is 403 g/mol. The molecule has 0 fully saturated rings. The highest BCUT2D eigenvalue weighted by molar-refractivity contribution is 5.68. The first-order valence-corrected chi connectivity index (χ1v) is 8.10. The number of nitrogens with one attached hydrogen (secondary N) is 1. The molecule has 4 N–H and O–H groups in total. The molecule has 0 spiro atoms. The molecule has 1 atom stereocenters. The number of ether oxygens (including phenoxy) is 1. The second-order valence-electron chi connectivity index (χ2n) is 5.78. The molecule has 0 radical (unpaired) electrons. The molecule has 0 heterocycles. The Kier molecular flexibility index (Phi) is 7.90. The number of alkyl halides is 6. The van der Waals surface area contributed by atoms with Gasteiger partial charge < -0.3 is 15.2 Å². The number of quaternary nitrogens is 1. The molecule has 27 heavy (non-hydrogen) atoms. The first-order chi connectivity index (χ1) is 12.4. The fourth-order valence-corrected chi connectivity index (χ4v) is 2.19. The number of benzene rings is 1. The van der Waals surface area contributed by atoms with E-state index in [4.69, 9.17) is 0 Å². The van der Waals surface area contributed by atoms with Gasteiger partial charge in [-0.1, -0.05) is 43.7 Å². The maximum Gasteiger partial charge on any atom is 0.475 e. The van der Waals surface area contributed by atoms with E-state index in [1.807, 2.05) is 0 Å². The predicted octanol–water partition coefficient (Wildman–Crippen LogP) is 2.63. The fourth-order valence-electron chi connectivity index (χ4n) is 2.19. The number of aliphatic hydroxyl groups excluding tert-OH is 1. The van der Waals surface area contributed by atoms with Crippen molar-refractivity contribution in [3.8, 4) is 0 Å². The van der Waals surface area contributed by atoms with Crippen LogP contribution < -0.4 is 10.6 Å². The minimum absolute atomic E-state index is 0.137. The number of carbonyl (C=O) groups is 1. The zero-order valence-electron chi connectivity index (χ0n) is 14.4. The average molecular weight is 403 g/mol. The third kappa shape index (κ3) is 5.99. The Labute approximate surface area is 151 Å². The summed E-state index contributed by atoms with van der Waals surface area (Å²) in [6.45, 7) is 0.384. The van der Waals surface area contributed by atoms with Gasteiger partial charge in [-0.3, -0.25) is 5.32 Å². The largest absolute Gasteiger partial charge is 0.475 e. The number of unbranched alkanes of at least 4 members (excludes halogenated alkanes) is 1. The summed E-state index contributed by atoms with van der Waals surface area (Å²) < 4.78 is 84.6. The minimum Gasteiger partial charge on any atom is -0.449 e. The van der Waals surface area contributed by atoms with Gasteiger partial charge in [-0.2, -0.15) is 26.3 Å². The van der Waals surface area contributed by atoms with Gasteiger partial charge in [-0.15, -0.1) is 0 Å². The highest BCUT2D eigenvalue weighted by atomic mass is 19.4. The highest BCUT2D eigenvalue weighted by Crippen LogP contribution is 2.38. The van der Waals surface area contributed by atoms with E-state index in [1.54, 1.807) is 13.0 Å². The van der Waals surface area contributed by atoms with Crippen LogP contribution >= 0.6 is 0 Å². The van der Waals surface area contributed by atoms with Gasteiger partial charge in [-0.25, -0.2) is 4.79 Å². The third-order valence-corrected chi connectivity index (χ3v) is 3.76. The summed E-state index contributed by atoms with van der Waals surface area (Å²) in [6, 6.07) is 7.23. The normalized spacial score (nSPS) is 13.9. The van der Waals surface area contributed by atoms with Crippen LogP contribution in [0.15, 0.2) is 30.3 Å². The van der Waals surface area contributed by atoms with Crippen LogP contribution in [-0.2, 0) is 4.74 Å². The summed E-state index contributed by atoms with van der Waals surface area (Å²) >= 11 is 0. The average Bonchev–Trinajstić information content (AvgIpc) is 2.57. The Balaban J connectivity index is 3.04. The van der Waals surface area contributed by atoms with E-state index in [0.717, 1.165) is 5.32 Å². The van der Waals surface area contributed by atoms with E-state index < -0.39 is 36.8 Å². The van der Waals surface area contributed by atoms with E-state index in [0.29, 0.717) is 6.42 Å². The van der Waals surface area contributed by atoms with Crippen LogP contribution in [0.3, 0.4) is 0 Å². The lowest BCUT2D eigenvalue weighted by molar-refractivity contribution is -0.788. The maximum atomic E-state index is 13.4. The van der Waals surface area contributed by atoms with Crippen molar-refractivity contribution < 1.29 is 46.3 Å². The van der Waals surface area contributed by atoms with Crippen LogP contribution in [0.1, 0.15) is 31.4 Å². The number of nitrogens with two attached hydrogens (primary N) is 1. The Hall–Kier alpha value is -2.01. The van der Waals surface area contributed by atoms with Gasteiger partial charge >= 0.3 is 24.1 Å². The zero-order chi connectivity index (χ0) is 20.7. The molecule has 0 unspecified atom stereocenters. The molecule has 0 aliphatic rings. The van der Waals surface area contributed by atoms with Gasteiger partial charge in [0.05, 0.1) is 6.61 Å². The second-order valence-corrected chi connectivity index (χ2v) is 5.78. The van der Waals surface area contributed by atoms with Crippen LogP contribution in [0, 0.1) is 0 Å². The molecule has 1 amide bonds. The number of rotatable bonds is 8. The van der Waals surface area contributed by atoms with Crippen molar-refractivity contribution in [1.29, 1.82) is 0 Å². The first-order valence-electron chi connectivity index (χ1n) is 8.10. The molecule has 154 valence electrons. The summed E-state index contributed by atoms with van der Waals surface area (Å²) in [4.78, 5) is 11.5. The lowest BCUT2D eigenvalue weighted by atomic mass is 10.1. The molecule has 1 aromatic rings. The molecule has 0 aliphatic carbocycles. The van der Waals surface area contributed by atoms with Crippen molar-refractivity contribution in [3.05, 3.63) is 35.9 Å². The number of hydrogen-bond donors (Lipinski definition) is 3. The van der Waals surface area contributed by atoms with E-state index in [-0.39, 0.29) is 23.9 Å². The van der Waals surface area contributed by atoms with Crippen LogP contribution in [-0.4, -0.2) is 42.4 Å². The van der Waals surface area contributed by atoms with Crippen LogP contribution in [0.25, 0.3) is 0 Å². The summed E-state index contributed by atoms with van der Waals surface area (Å²) in [5.41, 5.74) is -4.52. The number of alkyl carbamates (subject to hydrolysis) is 1. The van der Waals surface area contributed by atoms with Gasteiger partial charge in [0, 0.05) is 0 Å². The second kappa shape index (κ2) is 9.27. The van der Waals surface area contributed by atoms with Crippen molar-refractivity contribution in [2.75, 3.05) is 13.2 Å². The molecule has 11 heteroatoms. The van der Waals surface area contributed by atoms with Gasteiger partial charge in [0.2, 0.25) is 0 Å². The zero-order valence-corrected chi connectivity index (χ0v) is 14.4. The quantitative estimate of drug-likeness (QED) is 0.355. The summed E-state index contributed by atoms with van der Waals surface area (Å²) in [5.74, 6) is 0. The van der Waals surface area contributed by atoms with Gasteiger partial charge in [0.1, 0.15) is 12.6 Å². The van der Waals surface area contributed by atoms with E-state index in [2.05, 4.69) is 4.74 Å². The Morgan fingerprint density at radius 3 is 2.19 bits per heavy atom. The molecular weight excluding hydrogens is 382 g/mol. The third-order valence-electron chi connectivity index (χ3n) is 3.76. The number of aliphatic hydroxyl groups is 1. The Morgan fingerprint density at radius 2 is 1.70 bits per heavy atom. The summed E-state index contributed by atoms with van der Waals surface area (Å²) in [5, 5.41) is 10.6. The number of amides is 1. The van der Waals surface area contributed by atoms with Crippen molar-refractivity contribution in [2.45, 2.75) is 43.9 Å². The minimum atomic E-state index is -5.90. The van der Waals surface area contributed by atoms with Crippen LogP contribution in [0.4, 0.5) is 31.1 Å². The molecular formula is C16H21F6N2O3+. The highest BCUT2D eigenvalue weighted by Gasteiger charge is 2.76. The van der Waals surface area contributed by atoms with E-state index in [1.165, 1.54) is 24.3 Å². The van der Waals surface area contributed by atoms with Crippen molar-refractivity contribution >= 4 is 6.09 Å². The molecule has 0 saturated heterocycles. The molecule has 0 aliphatic heterocycles. The van der Waals surface area contributed by atoms with Crippen molar-refractivity contribution in [3.63, 3.8) is 0 Å². The number of halogens is 6. The molecule has 0 bridgehead atoms. The maximum absolute atomic E-state index is 13.4. The van der Waals surface area contributed by atoms with Gasteiger partial charge in [0.25, 0.3) is 0 Å². The van der Waals surface area contributed by atoms with E-state index >= 15 is 0 Å². The lowest BCUT2D eigenvalue weighted by Gasteiger charge is -2.35. The smallest absolute Gasteiger partial charge is 0.449 e. The number of carbonyl (C=O) groups excluding carboxylic acids is 1.